The Balaban J connectivity index is 1.61. The standard InChI is InChI=1S/C24H32O4/c1-14(25)28-13-21(26)20-8-7-19-17-6-5-15-11-22(27)23(2,3)12-18(15)16(17)9-10-24(19,20)4/h11,17,19-20H,5-10,12-13H2,1-4H3/t17-,19+,20-,24+/m1/s1. The smallest absolute Gasteiger partial charge is 0.303 e. The van der Waals surface area contributed by atoms with E-state index < -0.39 is 0 Å². The van der Waals surface area contributed by atoms with Crippen LogP contribution in [0.2, 0.25) is 0 Å². The number of fused-ring (bicyclic) bond motifs is 4. The van der Waals surface area contributed by atoms with Crippen LogP contribution in [0.4, 0.5) is 0 Å². The van der Waals surface area contributed by atoms with Gasteiger partial charge in [-0.2, -0.15) is 0 Å². The van der Waals surface area contributed by atoms with Crippen LogP contribution in [-0.2, 0) is 19.1 Å². The molecule has 2 fully saturated rings. The molecule has 0 aromatic carbocycles. The molecule has 0 heterocycles. The zero-order valence-corrected chi connectivity index (χ0v) is 17.6. The third kappa shape index (κ3) is 3.00. The molecular formula is C24H32O4. The number of carbonyl (C=O) groups excluding carboxylic acids is 3. The topological polar surface area (TPSA) is 60.4 Å². The number of rotatable bonds is 3. The Labute approximate surface area is 167 Å². The summed E-state index contributed by atoms with van der Waals surface area (Å²) in [5, 5.41) is 0. The van der Waals surface area contributed by atoms with Crippen LogP contribution in [0.1, 0.15) is 72.6 Å². The fraction of sp³-hybridized carbons (Fsp3) is 0.708. The Bertz CT molecular complexity index is 799. The average Bonchev–Trinajstić information content (AvgIpc) is 2.97. The fourth-order valence-corrected chi connectivity index (χ4v) is 6.61. The lowest BCUT2D eigenvalue weighted by atomic mass is 9.55. The van der Waals surface area contributed by atoms with E-state index in [1.165, 1.54) is 18.1 Å². The highest BCUT2D eigenvalue weighted by atomic mass is 16.5. The summed E-state index contributed by atoms with van der Waals surface area (Å²) in [6, 6.07) is 0. The van der Waals surface area contributed by atoms with Gasteiger partial charge in [-0.3, -0.25) is 14.4 Å². The van der Waals surface area contributed by atoms with Crippen molar-refractivity contribution in [3.05, 3.63) is 22.8 Å². The molecular weight excluding hydrogens is 352 g/mol. The van der Waals surface area contributed by atoms with Crippen LogP contribution in [0, 0.1) is 28.6 Å². The molecule has 4 heteroatoms. The van der Waals surface area contributed by atoms with Gasteiger partial charge in [0.05, 0.1) is 0 Å². The summed E-state index contributed by atoms with van der Waals surface area (Å²) in [5.74, 6) is 1.05. The van der Waals surface area contributed by atoms with Crippen molar-refractivity contribution in [3.8, 4) is 0 Å². The summed E-state index contributed by atoms with van der Waals surface area (Å²) >= 11 is 0. The molecule has 0 radical (unpaired) electrons. The van der Waals surface area contributed by atoms with Crippen LogP contribution in [0.25, 0.3) is 0 Å². The van der Waals surface area contributed by atoms with E-state index in [9.17, 15) is 14.4 Å². The Morgan fingerprint density at radius 1 is 1.14 bits per heavy atom. The number of allylic oxidation sites excluding steroid dienone is 4. The SMILES string of the molecule is CC(=O)OCC(=O)[C@H]1CC[C@H]2[C@@H]3CCC4=CC(=O)C(C)(C)CC4=C3CC[C@]12C. The van der Waals surface area contributed by atoms with Gasteiger partial charge in [0.25, 0.3) is 0 Å². The van der Waals surface area contributed by atoms with Gasteiger partial charge in [-0.15, -0.1) is 0 Å². The van der Waals surface area contributed by atoms with Gasteiger partial charge in [-0.05, 0) is 79.4 Å². The first-order chi connectivity index (χ1) is 13.1. The van der Waals surface area contributed by atoms with E-state index in [0.717, 1.165) is 44.9 Å². The van der Waals surface area contributed by atoms with E-state index in [4.69, 9.17) is 4.74 Å². The van der Waals surface area contributed by atoms with Crippen LogP contribution < -0.4 is 0 Å². The second-order valence-electron chi connectivity index (χ2n) is 10.2. The zero-order chi connectivity index (χ0) is 20.3. The molecule has 0 spiro atoms. The molecule has 0 aromatic heterocycles. The Kier molecular flexibility index (Phi) is 4.67. The predicted octanol–water partition coefficient (Wildman–Crippen LogP) is 4.58. The second-order valence-corrected chi connectivity index (χ2v) is 10.2. The van der Waals surface area contributed by atoms with Crippen molar-refractivity contribution in [2.75, 3.05) is 6.61 Å². The van der Waals surface area contributed by atoms with Gasteiger partial charge in [0.1, 0.15) is 6.61 Å². The summed E-state index contributed by atoms with van der Waals surface area (Å²) in [7, 11) is 0. The van der Waals surface area contributed by atoms with Crippen LogP contribution in [-0.4, -0.2) is 24.1 Å². The minimum absolute atomic E-state index is 0.00436. The summed E-state index contributed by atoms with van der Waals surface area (Å²) in [4.78, 5) is 36.3. The highest BCUT2D eigenvalue weighted by molar-refractivity contribution is 5.97. The third-order valence-corrected chi connectivity index (χ3v) is 8.17. The van der Waals surface area contributed by atoms with Gasteiger partial charge in [0.15, 0.2) is 11.6 Å². The number of esters is 1. The number of ketones is 2. The van der Waals surface area contributed by atoms with Gasteiger partial charge >= 0.3 is 5.97 Å². The first-order valence-corrected chi connectivity index (χ1v) is 10.8. The monoisotopic (exact) mass is 384 g/mol. The highest BCUT2D eigenvalue weighted by Gasteiger charge is 2.55. The van der Waals surface area contributed by atoms with Crippen molar-refractivity contribution in [2.45, 2.75) is 72.6 Å². The predicted molar refractivity (Wildman–Crippen MR) is 106 cm³/mol. The van der Waals surface area contributed by atoms with Gasteiger partial charge < -0.3 is 4.74 Å². The van der Waals surface area contributed by atoms with Crippen LogP contribution in [0.3, 0.4) is 0 Å². The maximum absolute atomic E-state index is 12.8. The molecule has 4 nitrogen and oxygen atoms in total. The molecule has 2 saturated carbocycles. The van der Waals surface area contributed by atoms with Crippen LogP contribution >= 0.6 is 0 Å². The molecule has 0 unspecified atom stereocenters. The lowest BCUT2D eigenvalue weighted by molar-refractivity contribution is -0.148. The van der Waals surface area contributed by atoms with E-state index in [1.807, 2.05) is 6.08 Å². The lowest BCUT2D eigenvalue weighted by Crippen LogP contribution is -2.43. The highest BCUT2D eigenvalue weighted by Crippen LogP contribution is 2.62. The van der Waals surface area contributed by atoms with Crippen LogP contribution in [0.15, 0.2) is 22.8 Å². The van der Waals surface area contributed by atoms with Gasteiger partial charge in [-0.1, -0.05) is 26.3 Å². The molecule has 4 atom stereocenters. The number of Topliss-reactive ketones (excluding diaryl/α,β-unsaturated/α-hetero) is 1. The van der Waals surface area contributed by atoms with E-state index in [2.05, 4.69) is 20.8 Å². The molecule has 4 aliphatic carbocycles. The number of carbonyl (C=O) groups is 3. The summed E-state index contributed by atoms with van der Waals surface area (Å²) < 4.78 is 5.01. The first-order valence-electron chi connectivity index (χ1n) is 10.8. The van der Waals surface area contributed by atoms with E-state index in [1.54, 1.807) is 5.57 Å². The van der Waals surface area contributed by atoms with Crippen molar-refractivity contribution >= 4 is 17.5 Å². The molecule has 152 valence electrons. The second kappa shape index (κ2) is 6.67. The van der Waals surface area contributed by atoms with Crippen molar-refractivity contribution in [3.63, 3.8) is 0 Å². The molecule has 0 aliphatic heterocycles. The molecule has 0 amide bonds. The molecule has 0 aromatic rings. The third-order valence-electron chi connectivity index (χ3n) is 8.17. The van der Waals surface area contributed by atoms with Gasteiger partial charge in [0, 0.05) is 18.3 Å². The summed E-state index contributed by atoms with van der Waals surface area (Å²) in [6.07, 6.45) is 8.91. The first kappa shape index (κ1) is 19.6. The number of hydrogen-bond donors (Lipinski definition) is 0. The summed E-state index contributed by atoms with van der Waals surface area (Å²) in [6.45, 7) is 7.69. The number of hydrogen-bond acceptors (Lipinski definition) is 4. The minimum Gasteiger partial charge on any atom is -0.458 e. The Morgan fingerprint density at radius 3 is 2.61 bits per heavy atom. The van der Waals surface area contributed by atoms with Crippen molar-refractivity contribution in [1.82, 2.24) is 0 Å². The van der Waals surface area contributed by atoms with Crippen molar-refractivity contribution in [1.29, 1.82) is 0 Å². The Hall–Kier alpha value is -1.71. The Morgan fingerprint density at radius 2 is 1.89 bits per heavy atom. The molecule has 0 bridgehead atoms. The van der Waals surface area contributed by atoms with E-state index in [-0.39, 0.29) is 40.9 Å². The van der Waals surface area contributed by atoms with Gasteiger partial charge in [0.2, 0.25) is 0 Å². The molecule has 0 N–H and O–H groups in total. The lowest BCUT2D eigenvalue weighted by Gasteiger charge is -2.49. The normalized spacial score (nSPS) is 36.2. The quantitative estimate of drug-likeness (QED) is 0.669. The van der Waals surface area contributed by atoms with Crippen molar-refractivity contribution in [2.24, 2.45) is 28.6 Å². The molecule has 4 rings (SSSR count). The fourth-order valence-electron chi connectivity index (χ4n) is 6.61. The van der Waals surface area contributed by atoms with Crippen LogP contribution in [0.5, 0.6) is 0 Å². The zero-order valence-electron chi connectivity index (χ0n) is 17.6. The maximum atomic E-state index is 12.8. The largest absolute Gasteiger partial charge is 0.458 e. The molecule has 28 heavy (non-hydrogen) atoms. The minimum atomic E-state index is -0.384. The van der Waals surface area contributed by atoms with E-state index >= 15 is 0 Å². The summed E-state index contributed by atoms with van der Waals surface area (Å²) in [5.41, 5.74) is 4.02. The average molecular weight is 385 g/mol. The number of ether oxygens (including phenoxy) is 1. The van der Waals surface area contributed by atoms with E-state index in [0.29, 0.717) is 11.8 Å². The molecule has 4 aliphatic rings. The maximum Gasteiger partial charge on any atom is 0.303 e. The molecule has 0 saturated heterocycles. The van der Waals surface area contributed by atoms with Gasteiger partial charge in [-0.25, -0.2) is 0 Å². The van der Waals surface area contributed by atoms with Crippen molar-refractivity contribution < 1.29 is 19.1 Å².